The molecule has 8 nitrogen and oxygen atoms in total. The highest BCUT2D eigenvalue weighted by Gasteiger charge is 2.25. The molecule has 2 unspecified atom stereocenters. The van der Waals surface area contributed by atoms with E-state index in [1.165, 1.54) is 0 Å². The average molecular weight is 384 g/mol. The first-order valence-electron chi connectivity index (χ1n) is 9.75. The van der Waals surface area contributed by atoms with E-state index >= 15 is 0 Å². The summed E-state index contributed by atoms with van der Waals surface area (Å²) in [6.07, 6.45) is 1.99. The van der Waals surface area contributed by atoms with Gasteiger partial charge in [-0.15, -0.1) is 0 Å². The summed E-state index contributed by atoms with van der Waals surface area (Å²) in [5.41, 5.74) is 4.81. The minimum Gasteiger partial charge on any atom is -0.444 e. The molecule has 8 heteroatoms. The van der Waals surface area contributed by atoms with Gasteiger partial charge in [0.25, 0.3) is 0 Å². The summed E-state index contributed by atoms with van der Waals surface area (Å²) in [5, 5.41) is 6.28. The van der Waals surface area contributed by atoms with Crippen molar-refractivity contribution >= 4 is 18.0 Å². The number of likely N-dealkylation sites (tertiary alicyclic amines) is 1. The predicted octanol–water partition coefficient (Wildman–Crippen LogP) is 1.70. The lowest BCUT2D eigenvalue weighted by Crippen LogP contribution is -2.52. The molecule has 27 heavy (non-hydrogen) atoms. The molecule has 1 aliphatic heterocycles. The molecule has 0 saturated carbocycles. The highest BCUT2D eigenvalue weighted by Crippen LogP contribution is 2.19. The summed E-state index contributed by atoms with van der Waals surface area (Å²) < 4.78 is 5.36. The van der Waals surface area contributed by atoms with Gasteiger partial charge in [-0.2, -0.15) is 0 Å². The van der Waals surface area contributed by atoms with Crippen molar-refractivity contribution in [2.45, 2.75) is 65.5 Å². The van der Waals surface area contributed by atoms with Crippen molar-refractivity contribution in [3.63, 3.8) is 0 Å². The summed E-state index contributed by atoms with van der Waals surface area (Å²) in [4.78, 5) is 29.8. The van der Waals surface area contributed by atoms with Gasteiger partial charge in [0, 0.05) is 33.1 Å². The molecule has 1 aliphatic rings. The third-order valence-electron chi connectivity index (χ3n) is 4.51. The van der Waals surface area contributed by atoms with Gasteiger partial charge in [0.2, 0.25) is 5.91 Å². The van der Waals surface area contributed by atoms with Crippen LogP contribution in [0.5, 0.6) is 0 Å². The molecule has 2 amide bonds. The maximum atomic E-state index is 12.1. The van der Waals surface area contributed by atoms with Crippen LogP contribution in [0.2, 0.25) is 0 Å². The van der Waals surface area contributed by atoms with E-state index in [0.29, 0.717) is 13.0 Å². The van der Waals surface area contributed by atoms with Gasteiger partial charge < -0.3 is 26.0 Å². The second-order valence-electron chi connectivity index (χ2n) is 8.55. The molecule has 0 aliphatic carbocycles. The van der Waals surface area contributed by atoms with Crippen LogP contribution in [0.4, 0.5) is 4.79 Å². The van der Waals surface area contributed by atoms with E-state index in [2.05, 4.69) is 34.4 Å². The summed E-state index contributed by atoms with van der Waals surface area (Å²) in [5.74, 6) is 1.01. The molecule has 1 heterocycles. The van der Waals surface area contributed by atoms with E-state index in [1.807, 2.05) is 20.8 Å². The molecule has 0 aromatic heterocycles. The Morgan fingerprint density at radius 3 is 2.52 bits per heavy atom. The minimum absolute atomic E-state index is 0.0946. The first kappa shape index (κ1) is 23.0. The van der Waals surface area contributed by atoms with Crippen molar-refractivity contribution in [3.8, 4) is 0 Å². The lowest BCUT2D eigenvalue weighted by atomic mass is 9.95. The number of primary amides is 1. The number of guanidine groups is 1. The summed E-state index contributed by atoms with van der Waals surface area (Å²) in [7, 11) is 1.74. The third-order valence-corrected chi connectivity index (χ3v) is 4.51. The number of nitrogens with zero attached hydrogens (tertiary/aromatic N) is 2. The molecule has 1 fully saturated rings. The van der Waals surface area contributed by atoms with Crippen LogP contribution in [0, 0.1) is 11.8 Å². The average Bonchev–Trinajstić information content (AvgIpc) is 2.52. The fourth-order valence-corrected chi connectivity index (χ4v) is 3.15. The Hall–Kier alpha value is -1.99. The van der Waals surface area contributed by atoms with E-state index in [-0.39, 0.29) is 23.8 Å². The van der Waals surface area contributed by atoms with Gasteiger partial charge in [-0.1, -0.05) is 13.8 Å². The molecule has 4 N–H and O–H groups in total. The quantitative estimate of drug-likeness (QED) is 0.478. The zero-order chi connectivity index (χ0) is 20.6. The standard InChI is InChI=1S/C19H37N5O3/c1-13(2)15(23-18(26)27-19(3,4)5)11-22-17(21-6)24-9-7-8-14(12-24)10-16(20)25/h13-15H,7-12H2,1-6H3,(H2,20,25)(H,21,22)(H,23,26). The molecule has 1 saturated heterocycles. The Bertz CT molecular complexity index is 528. The first-order valence-corrected chi connectivity index (χ1v) is 9.75. The third kappa shape index (κ3) is 8.97. The van der Waals surface area contributed by atoms with Crippen LogP contribution in [0.3, 0.4) is 0 Å². The Kier molecular flexibility index (Phi) is 8.85. The fraction of sp³-hybridized carbons (Fsp3) is 0.842. The van der Waals surface area contributed by atoms with Gasteiger partial charge in [0.15, 0.2) is 5.96 Å². The molecule has 2 atom stereocenters. The topological polar surface area (TPSA) is 109 Å². The number of hydrogen-bond donors (Lipinski definition) is 3. The van der Waals surface area contributed by atoms with E-state index in [1.54, 1.807) is 7.05 Å². The van der Waals surface area contributed by atoms with Crippen LogP contribution in [-0.2, 0) is 9.53 Å². The van der Waals surface area contributed by atoms with Gasteiger partial charge in [-0.25, -0.2) is 4.79 Å². The zero-order valence-electron chi connectivity index (χ0n) is 17.7. The molecule has 156 valence electrons. The number of alkyl carbamates (subject to hydrolysis) is 1. The lowest BCUT2D eigenvalue weighted by Gasteiger charge is -2.35. The van der Waals surface area contributed by atoms with Crippen LogP contribution in [0.1, 0.15) is 53.9 Å². The van der Waals surface area contributed by atoms with Crippen LogP contribution >= 0.6 is 0 Å². The van der Waals surface area contributed by atoms with Crippen LogP contribution in [0.25, 0.3) is 0 Å². The summed E-state index contributed by atoms with van der Waals surface area (Å²) in [6, 6.07) is -0.0946. The molecule has 1 rings (SSSR count). The molecular formula is C19H37N5O3. The number of amides is 2. The smallest absolute Gasteiger partial charge is 0.407 e. The van der Waals surface area contributed by atoms with Gasteiger partial charge in [-0.05, 0) is 45.4 Å². The first-order chi connectivity index (χ1) is 12.5. The number of nitrogens with two attached hydrogens (primary N) is 1. The van der Waals surface area contributed by atoms with E-state index in [0.717, 1.165) is 31.9 Å². The number of aliphatic imine (C=N–C) groups is 1. The molecule has 0 aromatic carbocycles. The van der Waals surface area contributed by atoms with E-state index in [9.17, 15) is 9.59 Å². The molecular weight excluding hydrogens is 346 g/mol. The van der Waals surface area contributed by atoms with Crippen molar-refractivity contribution < 1.29 is 14.3 Å². The lowest BCUT2D eigenvalue weighted by molar-refractivity contribution is -0.119. The van der Waals surface area contributed by atoms with Gasteiger partial charge in [0.05, 0.1) is 6.04 Å². The monoisotopic (exact) mass is 383 g/mol. The van der Waals surface area contributed by atoms with Crippen molar-refractivity contribution in [2.24, 2.45) is 22.6 Å². The molecule has 0 radical (unpaired) electrons. The second-order valence-corrected chi connectivity index (χ2v) is 8.55. The van der Waals surface area contributed by atoms with Crippen molar-refractivity contribution in [1.82, 2.24) is 15.5 Å². The number of piperidine rings is 1. The molecule has 0 aromatic rings. The van der Waals surface area contributed by atoms with Crippen molar-refractivity contribution in [2.75, 3.05) is 26.7 Å². The van der Waals surface area contributed by atoms with Crippen LogP contribution in [-0.4, -0.2) is 61.2 Å². The normalized spacial score (nSPS) is 19.6. The minimum atomic E-state index is -0.529. The Morgan fingerprint density at radius 1 is 1.33 bits per heavy atom. The van der Waals surface area contributed by atoms with E-state index in [4.69, 9.17) is 10.5 Å². The maximum Gasteiger partial charge on any atom is 0.407 e. The summed E-state index contributed by atoms with van der Waals surface area (Å²) >= 11 is 0. The van der Waals surface area contributed by atoms with Gasteiger partial charge >= 0.3 is 6.09 Å². The number of rotatable bonds is 6. The number of carbonyl (C=O) groups is 2. The fourth-order valence-electron chi connectivity index (χ4n) is 3.15. The van der Waals surface area contributed by atoms with Gasteiger partial charge in [0.1, 0.15) is 5.60 Å². The molecule has 0 bridgehead atoms. The van der Waals surface area contributed by atoms with Gasteiger partial charge in [-0.3, -0.25) is 9.79 Å². The maximum absolute atomic E-state index is 12.1. The number of carbonyl (C=O) groups excluding carboxylic acids is 2. The van der Waals surface area contributed by atoms with Crippen LogP contribution < -0.4 is 16.4 Å². The zero-order valence-corrected chi connectivity index (χ0v) is 17.7. The summed E-state index contributed by atoms with van der Waals surface area (Å²) in [6.45, 7) is 11.8. The highest BCUT2D eigenvalue weighted by atomic mass is 16.6. The number of ether oxygens (including phenoxy) is 1. The SMILES string of the molecule is CN=C(NCC(NC(=O)OC(C)(C)C)C(C)C)N1CCCC(CC(N)=O)C1. The second kappa shape index (κ2) is 10.4. The largest absolute Gasteiger partial charge is 0.444 e. The Balaban J connectivity index is 2.61. The number of hydrogen-bond acceptors (Lipinski definition) is 4. The highest BCUT2D eigenvalue weighted by molar-refractivity contribution is 5.80. The number of nitrogens with one attached hydrogen (secondary N) is 2. The van der Waals surface area contributed by atoms with Crippen LogP contribution in [0.15, 0.2) is 4.99 Å². The Morgan fingerprint density at radius 2 is 2.00 bits per heavy atom. The Labute approximate surface area is 163 Å². The molecule has 0 spiro atoms. The van der Waals surface area contributed by atoms with Crippen molar-refractivity contribution in [3.05, 3.63) is 0 Å². The van der Waals surface area contributed by atoms with Crippen molar-refractivity contribution in [1.29, 1.82) is 0 Å². The van der Waals surface area contributed by atoms with E-state index < -0.39 is 11.7 Å². The predicted molar refractivity (Wildman–Crippen MR) is 107 cm³/mol.